The number of nitrogens with two attached hydrogens (primary N) is 2. The van der Waals surface area contributed by atoms with Crippen LogP contribution in [0.4, 0.5) is 4.79 Å². The maximum Gasteiger partial charge on any atom is 0.414 e. The van der Waals surface area contributed by atoms with Crippen LogP contribution in [0.3, 0.4) is 0 Å². The molecule has 1 unspecified atom stereocenters. The Hall–Kier alpha value is -1.07. The van der Waals surface area contributed by atoms with Crippen molar-refractivity contribution in [2.24, 2.45) is 11.5 Å². The van der Waals surface area contributed by atoms with Crippen LogP contribution in [0, 0.1) is 0 Å². The van der Waals surface area contributed by atoms with Gasteiger partial charge in [-0.05, 0) is 34.1 Å². The van der Waals surface area contributed by atoms with Gasteiger partial charge < -0.3 is 16.2 Å². The van der Waals surface area contributed by atoms with E-state index in [1.54, 1.807) is 6.92 Å². The van der Waals surface area contributed by atoms with Gasteiger partial charge in [0.2, 0.25) is 0 Å². The molecule has 0 aromatic rings. The van der Waals surface area contributed by atoms with Crippen molar-refractivity contribution < 1.29 is 9.53 Å². The van der Waals surface area contributed by atoms with Crippen LogP contribution in [0.15, 0.2) is 12.3 Å². The van der Waals surface area contributed by atoms with Crippen molar-refractivity contribution >= 4 is 6.09 Å². The lowest BCUT2D eigenvalue weighted by atomic mass is 10.2. The molecule has 4 N–H and O–H groups in total. The number of allylic oxidation sites excluding steroid dienone is 1. The topological polar surface area (TPSA) is 81.6 Å². The van der Waals surface area contributed by atoms with E-state index < -0.39 is 11.7 Å². The second kappa shape index (κ2) is 6.61. The zero-order valence-electron chi connectivity index (χ0n) is 11.3. The van der Waals surface area contributed by atoms with Crippen molar-refractivity contribution in [3.05, 3.63) is 12.3 Å². The molecule has 17 heavy (non-hydrogen) atoms. The van der Waals surface area contributed by atoms with Crippen LogP contribution in [-0.4, -0.2) is 35.7 Å². The minimum Gasteiger partial charge on any atom is -0.443 e. The first-order valence-electron chi connectivity index (χ1n) is 5.79. The molecule has 0 spiro atoms. The van der Waals surface area contributed by atoms with E-state index in [1.165, 1.54) is 4.90 Å². The predicted octanol–water partition coefficient (Wildman–Crippen LogP) is 1.43. The molecule has 0 saturated carbocycles. The first kappa shape index (κ1) is 15.9. The molecule has 5 nitrogen and oxygen atoms in total. The standard InChI is InChI=1S/C12H25N3O2/c1-9(2)15(7-6-10(14)8-13)11(16)17-12(3,4)5/h10H,1,6-8,13-14H2,2-5H3. The Morgan fingerprint density at radius 2 is 2.00 bits per heavy atom. The molecule has 0 aliphatic heterocycles. The third-order valence-corrected chi connectivity index (χ3v) is 2.10. The number of hydrogen-bond donors (Lipinski definition) is 2. The molecule has 0 aromatic heterocycles. The number of nitrogens with zero attached hydrogens (tertiary/aromatic N) is 1. The van der Waals surface area contributed by atoms with E-state index in [0.29, 0.717) is 25.2 Å². The molecule has 0 aromatic carbocycles. The molecule has 0 radical (unpaired) electrons. The van der Waals surface area contributed by atoms with Gasteiger partial charge >= 0.3 is 6.09 Å². The average Bonchev–Trinajstić information content (AvgIpc) is 2.14. The fraction of sp³-hybridized carbons (Fsp3) is 0.750. The lowest BCUT2D eigenvalue weighted by molar-refractivity contribution is 0.0311. The zero-order valence-corrected chi connectivity index (χ0v) is 11.3. The molecule has 0 heterocycles. The summed E-state index contributed by atoms with van der Waals surface area (Å²) in [5.41, 5.74) is 11.3. The van der Waals surface area contributed by atoms with Gasteiger partial charge in [-0.25, -0.2) is 4.79 Å². The SMILES string of the molecule is C=C(C)N(CCC(N)CN)C(=O)OC(C)(C)C. The molecule has 1 atom stereocenters. The minimum absolute atomic E-state index is 0.112. The summed E-state index contributed by atoms with van der Waals surface area (Å²) in [7, 11) is 0. The van der Waals surface area contributed by atoms with E-state index in [1.807, 2.05) is 20.8 Å². The summed E-state index contributed by atoms with van der Waals surface area (Å²) in [6, 6.07) is -0.112. The fourth-order valence-corrected chi connectivity index (χ4v) is 1.17. The molecular weight excluding hydrogens is 218 g/mol. The van der Waals surface area contributed by atoms with E-state index in [0.717, 1.165) is 0 Å². The summed E-state index contributed by atoms with van der Waals surface area (Å²) in [4.78, 5) is 13.4. The highest BCUT2D eigenvalue weighted by atomic mass is 16.6. The third kappa shape index (κ3) is 6.97. The molecule has 100 valence electrons. The highest BCUT2D eigenvalue weighted by Crippen LogP contribution is 2.13. The van der Waals surface area contributed by atoms with Crippen LogP contribution in [0.25, 0.3) is 0 Å². The van der Waals surface area contributed by atoms with Crippen LogP contribution < -0.4 is 11.5 Å². The van der Waals surface area contributed by atoms with Crippen LogP contribution >= 0.6 is 0 Å². The fourth-order valence-electron chi connectivity index (χ4n) is 1.17. The quantitative estimate of drug-likeness (QED) is 0.765. The third-order valence-electron chi connectivity index (χ3n) is 2.10. The number of amides is 1. The molecule has 5 heteroatoms. The van der Waals surface area contributed by atoms with Crippen molar-refractivity contribution in [2.45, 2.75) is 45.8 Å². The largest absolute Gasteiger partial charge is 0.443 e. The molecule has 0 fully saturated rings. The Morgan fingerprint density at radius 3 is 2.35 bits per heavy atom. The van der Waals surface area contributed by atoms with Crippen molar-refractivity contribution in [1.82, 2.24) is 4.90 Å². The first-order valence-corrected chi connectivity index (χ1v) is 5.79. The summed E-state index contributed by atoms with van der Waals surface area (Å²) in [5, 5.41) is 0. The Bertz CT molecular complexity index is 271. The predicted molar refractivity (Wildman–Crippen MR) is 69.4 cm³/mol. The Morgan fingerprint density at radius 1 is 1.47 bits per heavy atom. The van der Waals surface area contributed by atoms with Gasteiger partial charge in [0, 0.05) is 24.8 Å². The maximum absolute atomic E-state index is 11.9. The van der Waals surface area contributed by atoms with Gasteiger partial charge in [0.25, 0.3) is 0 Å². The molecule has 0 rings (SSSR count). The molecule has 1 amide bonds. The van der Waals surface area contributed by atoms with Gasteiger partial charge in [0.15, 0.2) is 0 Å². The summed E-state index contributed by atoms with van der Waals surface area (Å²) >= 11 is 0. The molecule has 0 bridgehead atoms. The lowest BCUT2D eigenvalue weighted by Crippen LogP contribution is -2.39. The summed E-state index contributed by atoms with van der Waals surface area (Å²) in [5.74, 6) is 0. The number of carbonyl (C=O) groups is 1. The smallest absolute Gasteiger partial charge is 0.414 e. The van der Waals surface area contributed by atoms with Crippen LogP contribution in [0.2, 0.25) is 0 Å². The normalized spacial score (nSPS) is 13.1. The van der Waals surface area contributed by atoms with Crippen molar-refractivity contribution in [2.75, 3.05) is 13.1 Å². The Balaban J connectivity index is 4.43. The van der Waals surface area contributed by atoms with Crippen molar-refractivity contribution in [1.29, 1.82) is 0 Å². The van der Waals surface area contributed by atoms with Gasteiger partial charge in [-0.3, -0.25) is 4.90 Å². The van der Waals surface area contributed by atoms with Crippen molar-refractivity contribution in [3.63, 3.8) is 0 Å². The van der Waals surface area contributed by atoms with Gasteiger partial charge in [0.1, 0.15) is 5.60 Å². The molecule has 0 aliphatic rings. The van der Waals surface area contributed by atoms with E-state index in [4.69, 9.17) is 16.2 Å². The number of hydrogen-bond acceptors (Lipinski definition) is 4. The summed E-state index contributed by atoms with van der Waals surface area (Å²) in [6.45, 7) is 11.9. The highest BCUT2D eigenvalue weighted by molar-refractivity contribution is 5.70. The average molecular weight is 243 g/mol. The van der Waals surface area contributed by atoms with E-state index in [-0.39, 0.29) is 6.04 Å². The van der Waals surface area contributed by atoms with Gasteiger partial charge in [-0.15, -0.1) is 0 Å². The molecule has 0 saturated heterocycles. The second-order valence-electron chi connectivity index (χ2n) is 5.15. The number of ether oxygens (including phenoxy) is 1. The highest BCUT2D eigenvalue weighted by Gasteiger charge is 2.22. The number of carbonyl (C=O) groups excluding carboxylic acids is 1. The van der Waals surface area contributed by atoms with Gasteiger partial charge in [0.05, 0.1) is 0 Å². The summed E-state index contributed by atoms with van der Waals surface area (Å²) in [6.07, 6.45) is 0.233. The first-order chi connectivity index (χ1) is 7.67. The Labute approximate surface area is 104 Å². The Kier molecular flexibility index (Phi) is 6.20. The molecular formula is C12H25N3O2. The van der Waals surface area contributed by atoms with E-state index >= 15 is 0 Å². The van der Waals surface area contributed by atoms with Crippen LogP contribution in [-0.2, 0) is 4.74 Å². The van der Waals surface area contributed by atoms with Gasteiger partial charge in [-0.1, -0.05) is 6.58 Å². The van der Waals surface area contributed by atoms with Crippen molar-refractivity contribution in [3.8, 4) is 0 Å². The second-order valence-corrected chi connectivity index (χ2v) is 5.15. The maximum atomic E-state index is 11.9. The molecule has 0 aliphatic carbocycles. The van der Waals surface area contributed by atoms with E-state index in [2.05, 4.69) is 6.58 Å². The minimum atomic E-state index is -0.513. The number of rotatable bonds is 5. The van der Waals surface area contributed by atoms with Gasteiger partial charge in [-0.2, -0.15) is 0 Å². The van der Waals surface area contributed by atoms with E-state index in [9.17, 15) is 4.79 Å². The summed E-state index contributed by atoms with van der Waals surface area (Å²) < 4.78 is 5.28. The lowest BCUT2D eigenvalue weighted by Gasteiger charge is -2.28. The van der Waals surface area contributed by atoms with Crippen LogP contribution in [0.1, 0.15) is 34.1 Å². The zero-order chi connectivity index (χ0) is 13.6. The monoisotopic (exact) mass is 243 g/mol. The van der Waals surface area contributed by atoms with Crippen LogP contribution in [0.5, 0.6) is 0 Å².